The Morgan fingerprint density at radius 3 is 2.82 bits per heavy atom. The molecule has 3 atom stereocenters. The minimum absolute atomic E-state index is 0.0355. The van der Waals surface area contributed by atoms with Crippen LogP contribution in [-0.4, -0.2) is 35.8 Å². The number of methoxy groups -OCH3 is 1. The normalized spacial score (nSPS) is 27.5. The van der Waals surface area contributed by atoms with Crippen LogP contribution in [-0.2, 0) is 15.0 Å². The van der Waals surface area contributed by atoms with E-state index >= 15 is 0 Å². The maximum Gasteiger partial charge on any atom is 0.413 e. The van der Waals surface area contributed by atoms with Gasteiger partial charge < -0.3 is 15.2 Å². The maximum atomic E-state index is 14.9. The van der Waals surface area contributed by atoms with E-state index in [-0.39, 0.29) is 17.8 Å². The number of anilines is 1. The quantitative estimate of drug-likeness (QED) is 0.720. The van der Waals surface area contributed by atoms with Crippen molar-refractivity contribution in [3.8, 4) is 0 Å². The smallest absolute Gasteiger partial charge is 0.413 e. The zero-order valence-corrected chi connectivity index (χ0v) is 17.6. The third-order valence-electron chi connectivity index (χ3n) is 5.17. The predicted octanol–water partition coefficient (Wildman–Crippen LogP) is 4.05. The lowest BCUT2D eigenvalue weighted by Gasteiger charge is -2.46. The summed E-state index contributed by atoms with van der Waals surface area (Å²) in [6, 6.07) is 4.58. The van der Waals surface area contributed by atoms with Crippen molar-refractivity contribution in [2.24, 2.45) is 10.9 Å². The molecule has 2 unspecified atom stereocenters. The number of carbonyl (C=O) groups excluding carboxylic acids is 1. The van der Waals surface area contributed by atoms with Crippen LogP contribution in [0.15, 0.2) is 23.2 Å². The highest BCUT2D eigenvalue weighted by atomic mass is 32.2. The van der Waals surface area contributed by atoms with Gasteiger partial charge in [0.15, 0.2) is 5.17 Å². The summed E-state index contributed by atoms with van der Waals surface area (Å²) in [5, 5.41) is 3.16. The van der Waals surface area contributed by atoms with E-state index < -0.39 is 17.2 Å². The van der Waals surface area contributed by atoms with Gasteiger partial charge in [-0.05, 0) is 57.7 Å². The van der Waals surface area contributed by atoms with Gasteiger partial charge in [-0.1, -0.05) is 11.8 Å². The van der Waals surface area contributed by atoms with Crippen LogP contribution in [0.4, 0.5) is 14.9 Å². The van der Waals surface area contributed by atoms with Crippen LogP contribution in [0.5, 0.6) is 0 Å². The van der Waals surface area contributed by atoms with Gasteiger partial charge in [0, 0.05) is 30.5 Å². The van der Waals surface area contributed by atoms with Crippen molar-refractivity contribution in [3.63, 3.8) is 0 Å². The number of fused-ring (bicyclic) bond motifs is 1. The monoisotopic (exact) mass is 409 g/mol. The number of nitrogens with two attached hydrogens (primary N) is 1. The molecule has 6 nitrogen and oxygen atoms in total. The number of hydrogen-bond acceptors (Lipinski definition) is 6. The molecule has 2 aliphatic rings. The number of benzene rings is 1. The third-order valence-corrected chi connectivity index (χ3v) is 6.21. The fourth-order valence-corrected chi connectivity index (χ4v) is 5.10. The van der Waals surface area contributed by atoms with Crippen molar-refractivity contribution in [3.05, 3.63) is 29.6 Å². The van der Waals surface area contributed by atoms with Crippen LogP contribution in [0.25, 0.3) is 0 Å². The molecule has 1 aliphatic carbocycles. The second-order valence-corrected chi connectivity index (χ2v) is 9.36. The molecule has 154 valence electrons. The molecule has 0 aromatic heterocycles. The summed E-state index contributed by atoms with van der Waals surface area (Å²) in [4.78, 5) is 17.1. The Balaban J connectivity index is 2.00. The van der Waals surface area contributed by atoms with Crippen molar-refractivity contribution in [2.45, 2.75) is 57.3 Å². The molecule has 28 heavy (non-hydrogen) atoms. The van der Waals surface area contributed by atoms with Gasteiger partial charge in [0.25, 0.3) is 0 Å². The average molecular weight is 410 g/mol. The standard InChI is InChI=1S/C20H28FN3O3S/c1-19(2,3)27-18(25)23-17-24-20(15-9-13(22)6-8-16(15)21)10-14(26-4)7-5-12(20)11-28-17/h6,8-9,12,14H,5,7,10-11,22H2,1-4H3,(H,23,24,25)/t12?,14-,20?/m0/s1. The molecule has 0 bridgehead atoms. The summed E-state index contributed by atoms with van der Waals surface area (Å²) >= 11 is 1.46. The number of nitrogen functional groups attached to an aromatic ring is 1. The molecule has 1 heterocycles. The van der Waals surface area contributed by atoms with Crippen LogP contribution in [0.1, 0.15) is 45.6 Å². The van der Waals surface area contributed by atoms with Gasteiger partial charge in [0.05, 0.1) is 11.6 Å². The lowest BCUT2D eigenvalue weighted by atomic mass is 9.68. The first-order valence-electron chi connectivity index (χ1n) is 9.44. The van der Waals surface area contributed by atoms with E-state index in [9.17, 15) is 9.18 Å². The molecule has 0 radical (unpaired) electrons. The molecule has 3 N–H and O–H groups in total. The summed E-state index contributed by atoms with van der Waals surface area (Å²) in [5.74, 6) is 0.506. The highest BCUT2D eigenvalue weighted by Crippen LogP contribution is 2.50. The van der Waals surface area contributed by atoms with E-state index in [1.807, 2.05) is 0 Å². The Labute approximate surface area is 169 Å². The van der Waals surface area contributed by atoms with Crippen LogP contribution in [0.3, 0.4) is 0 Å². The fourth-order valence-electron chi connectivity index (χ4n) is 3.91. The zero-order valence-electron chi connectivity index (χ0n) is 16.8. The van der Waals surface area contributed by atoms with Crippen LogP contribution in [0, 0.1) is 11.7 Å². The van der Waals surface area contributed by atoms with Crippen molar-refractivity contribution in [1.82, 2.24) is 5.32 Å². The largest absolute Gasteiger partial charge is 0.444 e. The highest BCUT2D eigenvalue weighted by Gasteiger charge is 2.49. The molecule has 1 amide bonds. The van der Waals surface area contributed by atoms with E-state index in [1.54, 1.807) is 40.0 Å². The summed E-state index contributed by atoms with van der Waals surface area (Å²) < 4.78 is 25.8. The number of ether oxygens (including phenoxy) is 2. The minimum Gasteiger partial charge on any atom is -0.444 e. The Morgan fingerprint density at radius 2 is 2.14 bits per heavy atom. The number of nitrogens with one attached hydrogen (secondary N) is 1. The zero-order chi connectivity index (χ0) is 20.5. The third kappa shape index (κ3) is 4.43. The average Bonchev–Trinajstić information content (AvgIpc) is 2.61. The van der Waals surface area contributed by atoms with Crippen LogP contribution < -0.4 is 11.1 Å². The first kappa shape index (κ1) is 20.9. The SMILES string of the molecule is CO[C@H]1CCC2CSC(NC(=O)OC(C)(C)C)=NC2(c2cc(N)ccc2F)C1. The molecular formula is C20H28FN3O3S. The van der Waals surface area contributed by atoms with Crippen molar-refractivity contribution in [1.29, 1.82) is 0 Å². The second-order valence-electron chi connectivity index (χ2n) is 8.35. The Hall–Kier alpha value is -1.80. The second kappa shape index (κ2) is 7.91. The van der Waals surface area contributed by atoms with Gasteiger partial charge >= 0.3 is 6.09 Å². The number of hydrogen-bond donors (Lipinski definition) is 2. The number of rotatable bonds is 2. The molecule has 3 rings (SSSR count). The molecule has 1 saturated carbocycles. The number of amides is 1. The van der Waals surface area contributed by atoms with Gasteiger partial charge in [-0.25, -0.2) is 9.18 Å². The number of alkyl carbamates (subject to hydrolysis) is 1. The van der Waals surface area contributed by atoms with Gasteiger partial charge in [0.1, 0.15) is 11.4 Å². The van der Waals surface area contributed by atoms with Gasteiger partial charge in [-0.2, -0.15) is 0 Å². The molecule has 1 fully saturated rings. The molecule has 0 spiro atoms. The molecule has 1 aromatic carbocycles. The first-order chi connectivity index (χ1) is 13.1. The topological polar surface area (TPSA) is 85.9 Å². The number of aliphatic imine (C=N–C) groups is 1. The number of thioether (sulfide) groups is 1. The van der Waals surface area contributed by atoms with Crippen LogP contribution >= 0.6 is 11.8 Å². The predicted molar refractivity (Wildman–Crippen MR) is 110 cm³/mol. The van der Waals surface area contributed by atoms with Crippen molar-refractivity contribution in [2.75, 3.05) is 18.6 Å². The summed E-state index contributed by atoms with van der Waals surface area (Å²) in [7, 11) is 1.66. The number of carbonyl (C=O) groups is 1. The summed E-state index contributed by atoms with van der Waals surface area (Å²) in [6.07, 6.45) is 1.70. The minimum atomic E-state index is -0.825. The Kier molecular flexibility index (Phi) is 5.91. The summed E-state index contributed by atoms with van der Waals surface area (Å²) in [6.45, 7) is 5.39. The van der Waals surface area contributed by atoms with Gasteiger partial charge in [-0.15, -0.1) is 0 Å². The van der Waals surface area contributed by atoms with Crippen molar-refractivity contribution >= 4 is 28.7 Å². The molecular weight excluding hydrogens is 381 g/mol. The molecule has 1 aliphatic heterocycles. The first-order valence-corrected chi connectivity index (χ1v) is 10.4. The lowest BCUT2D eigenvalue weighted by Crippen LogP contribution is -2.48. The van der Waals surface area contributed by atoms with Crippen molar-refractivity contribution < 1.29 is 18.7 Å². The molecule has 0 saturated heterocycles. The molecule has 1 aromatic rings. The fraction of sp³-hybridized carbons (Fsp3) is 0.600. The summed E-state index contributed by atoms with van der Waals surface area (Å²) in [5.41, 5.74) is 5.47. The maximum absolute atomic E-state index is 14.9. The highest BCUT2D eigenvalue weighted by molar-refractivity contribution is 8.13. The van der Waals surface area contributed by atoms with Crippen LogP contribution in [0.2, 0.25) is 0 Å². The lowest BCUT2D eigenvalue weighted by molar-refractivity contribution is 0.0191. The van der Waals surface area contributed by atoms with E-state index in [4.69, 9.17) is 20.2 Å². The van der Waals surface area contributed by atoms with Gasteiger partial charge in [-0.3, -0.25) is 10.3 Å². The Morgan fingerprint density at radius 1 is 1.39 bits per heavy atom. The van der Waals surface area contributed by atoms with E-state index in [2.05, 4.69) is 5.32 Å². The van der Waals surface area contributed by atoms with E-state index in [0.29, 0.717) is 22.8 Å². The van der Waals surface area contributed by atoms with E-state index in [0.717, 1.165) is 18.6 Å². The Bertz CT molecular complexity index is 780. The van der Waals surface area contributed by atoms with Gasteiger partial charge in [0.2, 0.25) is 0 Å². The molecule has 8 heteroatoms. The number of halogens is 1. The number of nitrogens with zero attached hydrogens (tertiary/aromatic N) is 1. The number of amidine groups is 1. The van der Waals surface area contributed by atoms with E-state index in [1.165, 1.54) is 17.8 Å².